The number of aromatic nitrogens is 3. The molecule has 2 fully saturated rings. The number of aliphatic hydroxyl groups excluding tert-OH is 1. The largest absolute Gasteiger partial charge is 0.393 e. The van der Waals surface area contributed by atoms with Crippen LogP contribution in [0.1, 0.15) is 76.6 Å². The van der Waals surface area contributed by atoms with Crippen LogP contribution in [0.25, 0.3) is 0 Å². The first kappa shape index (κ1) is 21.4. The molecular weight excluding hydrogens is 372 g/mol. The van der Waals surface area contributed by atoms with Crippen LogP contribution in [0.15, 0.2) is 10.1 Å². The molecule has 7 nitrogen and oxygen atoms in total. The molecule has 0 unspecified atom stereocenters. The van der Waals surface area contributed by atoms with E-state index < -0.39 is 0 Å². The fourth-order valence-corrected chi connectivity index (χ4v) is 4.88. The number of thioether (sulfide) groups is 1. The summed E-state index contributed by atoms with van der Waals surface area (Å²) in [6.45, 7) is 3.72. The lowest BCUT2D eigenvalue weighted by Gasteiger charge is -2.27. The fourth-order valence-electron chi connectivity index (χ4n) is 4.31. The van der Waals surface area contributed by atoms with E-state index in [1.807, 2.05) is 0 Å². The maximum atomic E-state index is 9.68. The molecule has 0 radical (unpaired) electrons. The minimum absolute atomic E-state index is 0.124. The Morgan fingerprint density at radius 1 is 1.18 bits per heavy atom. The Morgan fingerprint density at radius 3 is 2.61 bits per heavy atom. The van der Waals surface area contributed by atoms with Crippen molar-refractivity contribution in [1.82, 2.24) is 25.4 Å². The number of aliphatic hydroxyl groups is 1. The van der Waals surface area contributed by atoms with Crippen LogP contribution in [-0.2, 0) is 6.42 Å². The second kappa shape index (κ2) is 11.0. The van der Waals surface area contributed by atoms with Crippen molar-refractivity contribution < 1.29 is 5.11 Å². The van der Waals surface area contributed by atoms with Gasteiger partial charge in [-0.15, -0.1) is 10.2 Å². The summed E-state index contributed by atoms with van der Waals surface area (Å²) < 4.78 is 2.39. The third-order valence-electron chi connectivity index (χ3n) is 5.82. The number of hydrogen-bond donors (Lipinski definition) is 3. The van der Waals surface area contributed by atoms with E-state index in [0.29, 0.717) is 12.1 Å². The zero-order valence-corrected chi connectivity index (χ0v) is 18.2. The maximum Gasteiger partial charge on any atom is 0.191 e. The van der Waals surface area contributed by atoms with E-state index in [1.165, 1.54) is 25.7 Å². The normalized spacial score (nSPS) is 23.9. The van der Waals surface area contributed by atoms with Crippen molar-refractivity contribution in [3.05, 3.63) is 5.82 Å². The lowest BCUT2D eigenvalue weighted by molar-refractivity contribution is 0.120. The highest BCUT2D eigenvalue weighted by Crippen LogP contribution is 2.33. The highest BCUT2D eigenvalue weighted by atomic mass is 32.2. The lowest BCUT2D eigenvalue weighted by Crippen LogP contribution is -2.45. The van der Waals surface area contributed by atoms with Gasteiger partial charge in [-0.25, -0.2) is 0 Å². The summed E-state index contributed by atoms with van der Waals surface area (Å²) in [5.41, 5.74) is 0. The molecule has 1 aromatic rings. The van der Waals surface area contributed by atoms with Gasteiger partial charge in [-0.2, -0.15) is 0 Å². The molecule has 2 aliphatic rings. The summed E-state index contributed by atoms with van der Waals surface area (Å²) in [6.07, 6.45) is 12.8. The molecule has 0 bridgehead atoms. The molecule has 2 aliphatic carbocycles. The second-order valence-corrected chi connectivity index (χ2v) is 8.70. The Labute approximate surface area is 173 Å². The number of rotatable bonds is 8. The minimum Gasteiger partial charge on any atom is -0.393 e. The zero-order chi connectivity index (χ0) is 19.8. The summed E-state index contributed by atoms with van der Waals surface area (Å²) in [7, 11) is 0. The van der Waals surface area contributed by atoms with Crippen LogP contribution in [0.4, 0.5) is 0 Å². The fraction of sp³-hybridized carbons (Fsp3) is 0.850. The quantitative estimate of drug-likeness (QED) is 0.265. The Kier molecular flexibility index (Phi) is 8.45. The van der Waals surface area contributed by atoms with Gasteiger partial charge in [0.1, 0.15) is 5.82 Å². The lowest BCUT2D eigenvalue weighted by atomic mass is 9.93. The monoisotopic (exact) mass is 408 g/mol. The van der Waals surface area contributed by atoms with Crippen molar-refractivity contribution in [2.75, 3.05) is 19.3 Å². The molecule has 3 rings (SSSR count). The molecule has 8 heteroatoms. The predicted molar refractivity (Wildman–Crippen MR) is 115 cm³/mol. The van der Waals surface area contributed by atoms with Crippen LogP contribution in [0.3, 0.4) is 0 Å². The van der Waals surface area contributed by atoms with E-state index in [1.54, 1.807) is 11.8 Å². The smallest absolute Gasteiger partial charge is 0.191 e. The van der Waals surface area contributed by atoms with E-state index in [-0.39, 0.29) is 6.10 Å². The standard InChI is InChI=1S/C20H36N6OS/c1-3-21-19(23-15-10-12-17(27)13-11-15)22-14-6-9-18-24-25-20(28-2)26(18)16-7-4-5-8-16/h15-17,27H,3-14H2,1-2H3,(H2,21,22,23). The summed E-state index contributed by atoms with van der Waals surface area (Å²) in [5.74, 6) is 2.01. The van der Waals surface area contributed by atoms with Crippen LogP contribution in [-0.4, -0.2) is 57.3 Å². The minimum atomic E-state index is -0.124. The van der Waals surface area contributed by atoms with Crippen molar-refractivity contribution in [2.24, 2.45) is 4.99 Å². The molecule has 0 spiro atoms. The number of guanidine groups is 1. The third-order valence-corrected chi connectivity index (χ3v) is 6.46. The Balaban J connectivity index is 1.52. The van der Waals surface area contributed by atoms with Gasteiger partial charge < -0.3 is 20.3 Å². The van der Waals surface area contributed by atoms with Crippen molar-refractivity contribution in [1.29, 1.82) is 0 Å². The number of nitrogens with zero attached hydrogens (tertiary/aromatic N) is 4. The zero-order valence-electron chi connectivity index (χ0n) is 17.4. The van der Waals surface area contributed by atoms with E-state index in [9.17, 15) is 5.11 Å². The van der Waals surface area contributed by atoms with Gasteiger partial charge in [0.15, 0.2) is 11.1 Å². The molecule has 158 valence electrons. The van der Waals surface area contributed by atoms with Gasteiger partial charge >= 0.3 is 0 Å². The molecular formula is C20H36N6OS. The summed E-state index contributed by atoms with van der Waals surface area (Å²) in [5, 5.41) is 26.5. The first-order valence-electron chi connectivity index (χ1n) is 10.9. The van der Waals surface area contributed by atoms with Crippen LogP contribution in [0.2, 0.25) is 0 Å². The van der Waals surface area contributed by atoms with E-state index in [0.717, 1.165) is 68.6 Å². The van der Waals surface area contributed by atoms with Crippen molar-refractivity contribution >= 4 is 17.7 Å². The topological polar surface area (TPSA) is 87.4 Å². The van der Waals surface area contributed by atoms with E-state index in [4.69, 9.17) is 4.99 Å². The van der Waals surface area contributed by atoms with Crippen molar-refractivity contribution in [3.63, 3.8) is 0 Å². The molecule has 1 heterocycles. The molecule has 0 saturated heterocycles. The average Bonchev–Trinajstić information content (AvgIpc) is 3.36. The molecule has 2 saturated carbocycles. The summed E-state index contributed by atoms with van der Waals surface area (Å²) in [4.78, 5) is 4.77. The van der Waals surface area contributed by atoms with Gasteiger partial charge in [-0.3, -0.25) is 4.99 Å². The van der Waals surface area contributed by atoms with Crippen LogP contribution < -0.4 is 10.6 Å². The van der Waals surface area contributed by atoms with E-state index >= 15 is 0 Å². The molecule has 0 amide bonds. The van der Waals surface area contributed by atoms with Gasteiger partial charge in [0, 0.05) is 31.6 Å². The summed E-state index contributed by atoms with van der Waals surface area (Å²) in [6, 6.07) is 0.993. The molecule has 3 N–H and O–H groups in total. The van der Waals surface area contributed by atoms with Gasteiger partial charge in [0.2, 0.25) is 0 Å². The Morgan fingerprint density at radius 2 is 1.93 bits per heavy atom. The number of aliphatic imine (C=N–C) groups is 1. The van der Waals surface area contributed by atoms with Gasteiger partial charge in [-0.1, -0.05) is 24.6 Å². The highest BCUT2D eigenvalue weighted by molar-refractivity contribution is 7.98. The summed E-state index contributed by atoms with van der Waals surface area (Å²) >= 11 is 1.70. The predicted octanol–water partition coefficient (Wildman–Crippen LogP) is 2.91. The molecule has 0 aromatic carbocycles. The van der Waals surface area contributed by atoms with Crippen LogP contribution >= 0.6 is 11.8 Å². The Hall–Kier alpha value is -1.28. The van der Waals surface area contributed by atoms with Gasteiger partial charge in [0.05, 0.1) is 6.10 Å². The average molecular weight is 409 g/mol. The molecule has 0 aliphatic heterocycles. The second-order valence-electron chi connectivity index (χ2n) is 7.93. The first-order valence-corrected chi connectivity index (χ1v) is 12.1. The molecule has 0 atom stereocenters. The van der Waals surface area contributed by atoms with Crippen LogP contribution in [0, 0.1) is 0 Å². The first-order chi connectivity index (χ1) is 13.7. The van der Waals surface area contributed by atoms with Crippen molar-refractivity contribution in [3.8, 4) is 0 Å². The molecule has 28 heavy (non-hydrogen) atoms. The van der Waals surface area contributed by atoms with Crippen LogP contribution in [0.5, 0.6) is 0 Å². The maximum absolute atomic E-state index is 9.68. The van der Waals surface area contributed by atoms with Gasteiger partial charge in [0.25, 0.3) is 0 Å². The Bertz CT molecular complexity index is 620. The van der Waals surface area contributed by atoms with Crippen molar-refractivity contribution in [2.45, 2.75) is 94.5 Å². The highest BCUT2D eigenvalue weighted by Gasteiger charge is 2.23. The number of nitrogens with one attached hydrogen (secondary N) is 2. The number of aryl methyl sites for hydroxylation is 1. The molecule has 1 aromatic heterocycles. The van der Waals surface area contributed by atoms with Gasteiger partial charge in [-0.05, 0) is 58.1 Å². The SMILES string of the molecule is CCNC(=NCCCc1nnc(SC)n1C1CCCC1)NC1CCC(O)CC1. The number of hydrogen-bond acceptors (Lipinski definition) is 5. The third kappa shape index (κ3) is 5.86. The van der Waals surface area contributed by atoms with E-state index in [2.05, 4.69) is 38.6 Å².